The number of nitrogens with zero attached hydrogens (tertiary/aromatic N) is 1. The van der Waals surface area contributed by atoms with Crippen molar-refractivity contribution in [2.45, 2.75) is 13.5 Å². The van der Waals surface area contributed by atoms with Crippen molar-refractivity contribution in [2.75, 3.05) is 5.32 Å². The molecule has 0 saturated carbocycles. The average molecular weight is 370 g/mol. The molecule has 26 heavy (non-hydrogen) atoms. The third-order valence-electron chi connectivity index (χ3n) is 3.70. The molecule has 3 aromatic rings. The van der Waals surface area contributed by atoms with Crippen LogP contribution in [0.1, 0.15) is 21.6 Å². The normalized spacial score (nSPS) is 10.4. The van der Waals surface area contributed by atoms with Gasteiger partial charge in [-0.3, -0.25) is 9.59 Å². The summed E-state index contributed by atoms with van der Waals surface area (Å²) in [6.07, 6.45) is 2.94. The Kier molecular flexibility index (Phi) is 5.34. The van der Waals surface area contributed by atoms with E-state index >= 15 is 0 Å². The number of H-pyrrole nitrogens is 1. The average Bonchev–Trinajstić information content (AvgIpc) is 2.63. The molecule has 2 heterocycles. The minimum absolute atomic E-state index is 0.107. The molecule has 0 aliphatic carbocycles. The van der Waals surface area contributed by atoms with Gasteiger partial charge in [-0.15, -0.1) is 0 Å². The Morgan fingerprint density at radius 1 is 1.27 bits per heavy atom. The summed E-state index contributed by atoms with van der Waals surface area (Å²) in [5.74, 6) is 0.0921. The second-order valence-electron chi connectivity index (χ2n) is 5.58. The lowest BCUT2D eigenvalue weighted by molar-refractivity contribution is 0.102. The van der Waals surface area contributed by atoms with Crippen LogP contribution in [0.2, 0.25) is 5.02 Å². The topological polar surface area (TPSA) is 84.1 Å². The van der Waals surface area contributed by atoms with E-state index in [1.807, 2.05) is 31.2 Å². The number of rotatable bonds is 5. The van der Waals surface area contributed by atoms with E-state index in [2.05, 4.69) is 15.3 Å². The molecule has 0 unspecified atom stereocenters. The molecule has 0 saturated heterocycles. The highest BCUT2D eigenvalue weighted by atomic mass is 35.5. The maximum absolute atomic E-state index is 12.3. The van der Waals surface area contributed by atoms with Gasteiger partial charge in [-0.2, -0.15) is 0 Å². The van der Waals surface area contributed by atoms with E-state index in [1.54, 1.807) is 18.3 Å². The van der Waals surface area contributed by atoms with Gasteiger partial charge in [-0.1, -0.05) is 35.9 Å². The SMILES string of the molecule is Cc1cccnc1NC(=O)c1cc(=O)c(OCc2ccccc2Cl)c[nH]1. The van der Waals surface area contributed by atoms with Gasteiger partial charge < -0.3 is 15.0 Å². The standard InChI is InChI=1S/C19H16ClN3O3/c1-12-5-4-8-21-18(12)23-19(25)15-9-16(24)17(10-22-15)26-11-13-6-2-3-7-14(13)20/h2-10H,11H2,1H3,(H,22,24)(H,21,23,25). The van der Waals surface area contributed by atoms with Crippen molar-refractivity contribution in [1.29, 1.82) is 0 Å². The van der Waals surface area contributed by atoms with E-state index in [0.29, 0.717) is 10.8 Å². The van der Waals surface area contributed by atoms with Gasteiger partial charge in [-0.05, 0) is 24.6 Å². The molecule has 1 aromatic carbocycles. The van der Waals surface area contributed by atoms with Crippen LogP contribution < -0.4 is 15.5 Å². The highest BCUT2D eigenvalue weighted by Crippen LogP contribution is 2.17. The highest BCUT2D eigenvalue weighted by molar-refractivity contribution is 6.31. The van der Waals surface area contributed by atoms with Gasteiger partial charge in [0.2, 0.25) is 5.43 Å². The Morgan fingerprint density at radius 2 is 2.08 bits per heavy atom. The van der Waals surface area contributed by atoms with Gasteiger partial charge in [0.05, 0.1) is 0 Å². The molecule has 1 amide bonds. The maximum Gasteiger partial charge on any atom is 0.273 e. The minimum atomic E-state index is -0.457. The van der Waals surface area contributed by atoms with Crippen molar-refractivity contribution in [2.24, 2.45) is 0 Å². The number of anilines is 1. The lowest BCUT2D eigenvalue weighted by Crippen LogP contribution is -2.18. The molecule has 0 fully saturated rings. The maximum atomic E-state index is 12.3. The number of carbonyl (C=O) groups is 1. The van der Waals surface area contributed by atoms with Crippen molar-refractivity contribution >= 4 is 23.3 Å². The van der Waals surface area contributed by atoms with Crippen molar-refractivity contribution in [3.63, 3.8) is 0 Å². The lowest BCUT2D eigenvalue weighted by atomic mass is 10.2. The zero-order valence-electron chi connectivity index (χ0n) is 14.0. The zero-order valence-corrected chi connectivity index (χ0v) is 14.7. The number of amides is 1. The van der Waals surface area contributed by atoms with E-state index < -0.39 is 11.3 Å². The Balaban J connectivity index is 1.71. The summed E-state index contributed by atoms with van der Waals surface area (Å²) in [6, 6.07) is 12.0. The zero-order chi connectivity index (χ0) is 18.5. The molecule has 0 bridgehead atoms. The smallest absolute Gasteiger partial charge is 0.273 e. The minimum Gasteiger partial charge on any atom is -0.483 e. The summed E-state index contributed by atoms with van der Waals surface area (Å²) >= 11 is 6.06. The molecule has 2 aromatic heterocycles. The Bertz CT molecular complexity index is 1000. The summed E-state index contributed by atoms with van der Waals surface area (Å²) in [5.41, 5.74) is 1.30. The molecule has 0 spiro atoms. The van der Waals surface area contributed by atoms with Gasteiger partial charge in [0, 0.05) is 29.0 Å². The lowest BCUT2D eigenvalue weighted by Gasteiger charge is -2.09. The molecule has 3 rings (SSSR count). The van der Waals surface area contributed by atoms with Gasteiger partial charge in [0.1, 0.15) is 18.1 Å². The van der Waals surface area contributed by atoms with Crippen LogP contribution >= 0.6 is 11.6 Å². The molecular formula is C19H16ClN3O3. The summed E-state index contributed by atoms with van der Waals surface area (Å²) in [7, 11) is 0. The number of aromatic nitrogens is 2. The Morgan fingerprint density at radius 3 is 2.81 bits per heavy atom. The van der Waals surface area contributed by atoms with Crippen LogP contribution in [-0.4, -0.2) is 15.9 Å². The van der Waals surface area contributed by atoms with Crippen molar-refractivity contribution in [3.8, 4) is 5.75 Å². The van der Waals surface area contributed by atoms with E-state index in [-0.39, 0.29) is 18.1 Å². The first-order valence-electron chi connectivity index (χ1n) is 7.86. The first-order valence-corrected chi connectivity index (χ1v) is 8.24. The molecule has 0 atom stereocenters. The predicted octanol–water partition coefficient (Wildman–Crippen LogP) is 3.56. The van der Waals surface area contributed by atoms with Crippen LogP contribution in [0.15, 0.2) is 59.7 Å². The van der Waals surface area contributed by atoms with Gasteiger partial charge in [0.25, 0.3) is 5.91 Å². The third-order valence-corrected chi connectivity index (χ3v) is 4.07. The number of aryl methyl sites for hydroxylation is 1. The van der Waals surface area contributed by atoms with Gasteiger partial charge in [-0.25, -0.2) is 4.98 Å². The number of halogens is 1. The molecule has 2 N–H and O–H groups in total. The molecule has 0 radical (unpaired) electrons. The molecule has 7 heteroatoms. The third kappa shape index (κ3) is 4.10. The highest BCUT2D eigenvalue weighted by Gasteiger charge is 2.12. The quantitative estimate of drug-likeness (QED) is 0.720. The van der Waals surface area contributed by atoms with Crippen molar-refractivity contribution in [3.05, 3.63) is 86.9 Å². The Hall–Kier alpha value is -3.12. The number of benzene rings is 1. The van der Waals surface area contributed by atoms with Crippen LogP contribution in [0.4, 0.5) is 5.82 Å². The second kappa shape index (κ2) is 7.84. The van der Waals surface area contributed by atoms with Crippen LogP contribution in [0, 0.1) is 6.92 Å². The van der Waals surface area contributed by atoms with Crippen LogP contribution in [0.3, 0.4) is 0 Å². The van der Waals surface area contributed by atoms with E-state index in [1.165, 1.54) is 12.3 Å². The van der Waals surface area contributed by atoms with Crippen molar-refractivity contribution < 1.29 is 9.53 Å². The van der Waals surface area contributed by atoms with E-state index in [4.69, 9.17) is 16.3 Å². The fraction of sp³-hybridized carbons (Fsp3) is 0.105. The second-order valence-corrected chi connectivity index (χ2v) is 5.99. The summed E-state index contributed by atoms with van der Waals surface area (Å²) in [5, 5.41) is 3.22. The summed E-state index contributed by atoms with van der Waals surface area (Å²) < 4.78 is 5.50. The van der Waals surface area contributed by atoms with Gasteiger partial charge in [0.15, 0.2) is 5.75 Å². The summed E-state index contributed by atoms with van der Waals surface area (Å²) in [6.45, 7) is 1.98. The number of ether oxygens (including phenoxy) is 1. The number of carbonyl (C=O) groups excluding carboxylic acids is 1. The number of pyridine rings is 2. The molecular weight excluding hydrogens is 354 g/mol. The predicted molar refractivity (Wildman–Crippen MR) is 99.8 cm³/mol. The molecule has 6 nitrogen and oxygen atoms in total. The largest absolute Gasteiger partial charge is 0.483 e. The van der Waals surface area contributed by atoms with Crippen molar-refractivity contribution in [1.82, 2.24) is 9.97 Å². The monoisotopic (exact) mass is 369 g/mol. The number of hydrogen-bond donors (Lipinski definition) is 2. The summed E-state index contributed by atoms with van der Waals surface area (Å²) in [4.78, 5) is 31.3. The fourth-order valence-corrected chi connectivity index (χ4v) is 2.45. The number of nitrogens with one attached hydrogen (secondary N) is 2. The van der Waals surface area contributed by atoms with E-state index in [9.17, 15) is 9.59 Å². The Labute approximate surface area is 154 Å². The number of aromatic amines is 1. The molecule has 0 aliphatic heterocycles. The first-order chi connectivity index (χ1) is 12.5. The molecule has 0 aliphatic rings. The number of hydrogen-bond acceptors (Lipinski definition) is 4. The first kappa shape index (κ1) is 17.7. The van der Waals surface area contributed by atoms with E-state index in [0.717, 1.165) is 11.1 Å². The van der Waals surface area contributed by atoms with Crippen LogP contribution in [0.25, 0.3) is 0 Å². The molecule has 132 valence electrons. The fourth-order valence-electron chi connectivity index (χ4n) is 2.26. The van der Waals surface area contributed by atoms with Gasteiger partial charge >= 0.3 is 0 Å². The van der Waals surface area contributed by atoms with Crippen LogP contribution in [-0.2, 0) is 6.61 Å². The van der Waals surface area contributed by atoms with Crippen LogP contribution in [0.5, 0.6) is 5.75 Å².